The molecule has 1 aromatic heterocycles. The van der Waals surface area contributed by atoms with Gasteiger partial charge in [0.1, 0.15) is 5.69 Å². The Labute approximate surface area is 184 Å². The van der Waals surface area contributed by atoms with E-state index in [0.717, 1.165) is 17.7 Å². The summed E-state index contributed by atoms with van der Waals surface area (Å²) in [5.41, 5.74) is 4.50. The molecule has 0 aliphatic carbocycles. The number of carbonyl (C=O) groups is 2. The second-order valence-electron chi connectivity index (χ2n) is 7.53. The lowest BCUT2D eigenvalue weighted by Crippen LogP contribution is -2.28. The van der Waals surface area contributed by atoms with Crippen molar-refractivity contribution >= 4 is 34.5 Å². The zero-order valence-corrected chi connectivity index (χ0v) is 17.1. The molecule has 1 N–H and O–H groups in total. The number of aromatic hydroxyl groups is 1. The van der Waals surface area contributed by atoms with Crippen molar-refractivity contribution in [1.29, 1.82) is 0 Å². The maximum absolute atomic E-state index is 12.9. The van der Waals surface area contributed by atoms with Gasteiger partial charge in [-0.3, -0.25) is 9.59 Å². The van der Waals surface area contributed by atoms with E-state index in [0.29, 0.717) is 28.7 Å². The van der Waals surface area contributed by atoms with Gasteiger partial charge in [0.05, 0.1) is 11.0 Å². The molecule has 32 heavy (non-hydrogen) atoms. The number of carbonyl (C=O) groups excluding carboxylic acids is 2. The summed E-state index contributed by atoms with van der Waals surface area (Å²) in [6.07, 6.45) is 3.62. The molecule has 0 spiro atoms. The molecule has 0 radical (unpaired) electrons. The summed E-state index contributed by atoms with van der Waals surface area (Å²) in [4.78, 5) is 35.7. The number of nitrogens with zero attached hydrogens (tertiary/aromatic N) is 3. The predicted octanol–water partition coefficient (Wildman–Crippen LogP) is 4.43. The van der Waals surface area contributed by atoms with Crippen molar-refractivity contribution in [2.75, 3.05) is 11.4 Å². The summed E-state index contributed by atoms with van der Waals surface area (Å²) < 4.78 is 0. The molecule has 0 fully saturated rings. The molecule has 0 bridgehead atoms. The summed E-state index contributed by atoms with van der Waals surface area (Å²) in [6.45, 7) is 0.651. The Morgan fingerprint density at radius 1 is 0.844 bits per heavy atom. The van der Waals surface area contributed by atoms with E-state index < -0.39 is 0 Å². The third-order valence-electron chi connectivity index (χ3n) is 5.52. The second kappa shape index (κ2) is 8.07. The first kappa shape index (κ1) is 19.6. The number of rotatable bonds is 4. The van der Waals surface area contributed by atoms with E-state index in [-0.39, 0.29) is 23.3 Å². The molecule has 1 aliphatic heterocycles. The topological polar surface area (TPSA) is 83.4 Å². The first-order valence-electron chi connectivity index (χ1n) is 10.3. The normalized spacial score (nSPS) is 12.9. The van der Waals surface area contributed by atoms with Gasteiger partial charge in [0.2, 0.25) is 5.88 Å². The van der Waals surface area contributed by atoms with Crippen molar-refractivity contribution < 1.29 is 14.7 Å². The molecule has 156 valence electrons. The molecule has 0 unspecified atom stereocenters. The molecule has 1 aliphatic rings. The number of benzene rings is 3. The smallest absolute Gasteiger partial charge is 0.258 e. The van der Waals surface area contributed by atoms with Crippen molar-refractivity contribution in [1.82, 2.24) is 9.97 Å². The van der Waals surface area contributed by atoms with E-state index in [2.05, 4.69) is 9.97 Å². The first-order valence-corrected chi connectivity index (χ1v) is 10.3. The monoisotopic (exact) mass is 421 g/mol. The van der Waals surface area contributed by atoms with Crippen LogP contribution in [0.3, 0.4) is 0 Å². The fourth-order valence-corrected chi connectivity index (χ4v) is 3.85. The Kier molecular flexibility index (Phi) is 4.95. The summed E-state index contributed by atoms with van der Waals surface area (Å²) in [7, 11) is 0. The summed E-state index contributed by atoms with van der Waals surface area (Å²) in [5.74, 6) is -0.578. The maximum atomic E-state index is 12.9. The molecule has 6 heteroatoms. The third kappa shape index (κ3) is 3.63. The molecular formula is C26H19N3O3. The molecular weight excluding hydrogens is 402 g/mol. The number of hydrogen-bond acceptors (Lipinski definition) is 5. The van der Waals surface area contributed by atoms with Gasteiger partial charge >= 0.3 is 0 Å². The third-order valence-corrected chi connectivity index (χ3v) is 5.52. The van der Waals surface area contributed by atoms with E-state index in [1.54, 1.807) is 41.3 Å². The fraction of sp³-hybridized carbons (Fsp3) is 0.0769. The van der Waals surface area contributed by atoms with Crippen LogP contribution in [0.4, 0.5) is 5.69 Å². The Morgan fingerprint density at radius 3 is 2.28 bits per heavy atom. The molecule has 5 rings (SSSR count). The lowest BCUT2D eigenvalue weighted by molar-refractivity contribution is 0.0987. The van der Waals surface area contributed by atoms with Crippen molar-refractivity contribution in [3.05, 3.63) is 101 Å². The van der Waals surface area contributed by atoms with Crippen LogP contribution in [0, 0.1) is 0 Å². The van der Waals surface area contributed by atoms with E-state index in [1.807, 2.05) is 36.4 Å². The van der Waals surface area contributed by atoms with Crippen LogP contribution in [0.2, 0.25) is 0 Å². The van der Waals surface area contributed by atoms with Gasteiger partial charge in [-0.25, -0.2) is 9.97 Å². The van der Waals surface area contributed by atoms with Gasteiger partial charge in [-0.1, -0.05) is 42.5 Å². The Morgan fingerprint density at radius 2 is 1.50 bits per heavy atom. The van der Waals surface area contributed by atoms with Crippen LogP contribution < -0.4 is 4.90 Å². The van der Waals surface area contributed by atoms with Gasteiger partial charge in [0.25, 0.3) is 5.91 Å². The predicted molar refractivity (Wildman–Crippen MR) is 123 cm³/mol. The zero-order valence-electron chi connectivity index (χ0n) is 17.1. The lowest BCUT2D eigenvalue weighted by atomic mass is 10.1. The highest BCUT2D eigenvalue weighted by Gasteiger charge is 2.25. The highest BCUT2D eigenvalue weighted by molar-refractivity contribution is 6.09. The van der Waals surface area contributed by atoms with Crippen LogP contribution in [0.1, 0.15) is 32.0 Å². The van der Waals surface area contributed by atoms with Gasteiger partial charge in [-0.15, -0.1) is 0 Å². The minimum absolute atomic E-state index is 0.0825. The molecule has 1 amide bonds. The lowest BCUT2D eigenvalue weighted by Gasteiger charge is -2.17. The van der Waals surface area contributed by atoms with E-state index in [1.165, 1.54) is 12.2 Å². The number of para-hydroxylation sites is 3. The van der Waals surface area contributed by atoms with Crippen molar-refractivity contribution in [3.8, 4) is 5.88 Å². The minimum atomic E-state index is -0.259. The molecule has 2 heterocycles. The van der Waals surface area contributed by atoms with Crippen molar-refractivity contribution in [2.24, 2.45) is 0 Å². The van der Waals surface area contributed by atoms with Gasteiger partial charge in [0.15, 0.2) is 5.78 Å². The van der Waals surface area contributed by atoms with Gasteiger partial charge in [0, 0.05) is 23.4 Å². The van der Waals surface area contributed by atoms with Crippen LogP contribution in [-0.4, -0.2) is 33.3 Å². The summed E-state index contributed by atoms with van der Waals surface area (Å²) in [5, 5.41) is 10.1. The number of ketones is 1. The van der Waals surface area contributed by atoms with E-state index in [9.17, 15) is 14.7 Å². The van der Waals surface area contributed by atoms with Gasteiger partial charge in [-0.2, -0.15) is 0 Å². The number of amides is 1. The summed E-state index contributed by atoms with van der Waals surface area (Å²) in [6, 6.07) is 21.7. The molecule has 6 nitrogen and oxygen atoms in total. The molecule has 0 atom stereocenters. The number of anilines is 1. The first-order chi connectivity index (χ1) is 15.6. The zero-order chi connectivity index (χ0) is 22.1. The van der Waals surface area contributed by atoms with Crippen molar-refractivity contribution in [2.45, 2.75) is 6.42 Å². The van der Waals surface area contributed by atoms with Crippen LogP contribution in [0.15, 0.2) is 78.9 Å². The quantitative estimate of drug-likeness (QED) is 0.389. The van der Waals surface area contributed by atoms with Gasteiger partial charge in [-0.05, 0) is 54.5 Å². The standard InChI is InChI=1S/C26H19N3O3/c30-24(14-13-22-25(31)28-21-7-3-2-6-20(21)27-22)18-9-11-19(12-10-18)26(32)29-16-15-17-5-1-4-8-23(17)29/h1-14H,15-16H2,(H,28,31). The van der Waals surface area contributed by atoms with Crippen LogP contribution in [-0.2, 0) is 6.42 Å². The SMILES string of the molecule is O=C(C=Cc1nc2ccccc2nc1O)c1ccc(C(=O)N2CCc3ccccc32)cc1. The van der Waals surface area contributed by atoms with E-state index >= 15 is 0 Å². The van der Waals surface area contributed by atoms with Crippen LogP contribution >= 0.6 is 0 Å². The average molecular weight is 421 g/mol. The highest BCUT2D eigenvalue weighted by Crippen LogP contribution is 2.29. The van der Waals surface area contributed by atoms with Crippen LogP contribution in [0.25, 0.3) is 17.1 Å². The molecule has 0 saturated heterocycles. The highest BCUT2D eigenvalue weighted by atomic mass is 16.3. The maximum Gasteiger partial charge on any atom is 0.258 e. The Bertz CT molecular complexity index is 1380. The Balaban J connectivity index is 1.33. The van der Waals surface area contributed by atoms with Crippen LogP contribution in [0.5, 0.6) is 5.88 Å². The van der Waals surface area contributed by atoms with Gasteiger partial charge < -0.3 is 10.0 Å². The number of allylic oxidation sites excluding steroid dienone is 1. The average Bonchev–Trinajstić information content (AvgIpc) is 3.26. The van der Waals surface area contributed by atoms with E-state index in [4.69, 9.17) is 0 Å². The number of fused-ring (bicyclic) bond motifs is 2. The molecule has 4 aromatic rings. The summed E-state index contributed by atoms with van der Waals surface area (Å²) >= 11 is 0. The Hall–Kier alpha value is -4.32. The molecule has 3 aromatic carbocycles. The largest absolute Gasteiger partial charge is 0.492 e. The fourth-order valence-electron chi connectivity index (χ4n) is 3.85. The number of hydrogen-bond donors (Lipinski definition) is 1. The second-order valence-corrected chi connectivity index (χ2v) is 7.53. The molecule has 0 saturated carbocycles. The number of aromatic nitrogens is 2. The minimum Gasteiger partial charge on any atom is -0.492 e. The van der Waals surface area contributed by atoms with Crippen molar-refractivity contribution in [3.63, 3.8) is 0 Å².